The summed E-state index contributed by atoms with van der Waals surface area (Å²) in [5, 5.41) is 6.10. The van der Waals surface area contributed by atoms with Crippen molar-refractivity contribution < 1.29 is 4.79 Å². The molecule has 5 nitrogen and oxygen atoms in total. The minimum atomic E-state index is -0.434. The first-order valence-corrected chi connectivity index (χ1v) is 8.70. The van der Waals surface area contributed by atoms with E-state index in [9.17, 15) is 4.79 Å². The second-order valence-corrected chi connectivity index (χ2v) is 6.77. The van der Waals surface area contributed by atoms with Crippen LogP contribution in [0.5, 0.6) is 0 Å². The van der Waals surface area contributed by atoms with Crippen LogP contribution in [0.1, 0.15) is 34.8 Å². The minimum Gasteiger partial charge on any atom is -0.366 e. The Hall–Kier alpha value is -2.66. The van der Waals surface area contributed by atoms with Gasteiger partial charge in [-0.25, -0.2) is 4.68 Å². The summed E-state index contributed by atoms with van der Waals surface area (Å²) in [5.74, 6) is 0.0131. The molecule has 1 amide bonds. The Morgan fingerprint density at radius 2 is 1.76 bits per heavy atom. The van der Waals surface area contributed by atoms with Crippen LogP contribution in [-0.4, -0.2) is 40.7 Å². The predicted octanol–water partition coefficient (Wildman–Crippen LogP) is 2.93. The SMILES string of the molecule is CN1CCC(c2nn(-c3ccccc3C(N)=O)c3ccccc23)CC1. The highest BCUT2D eigenvalue weighted by Crippen LogP contribution is 2.33. The van der Waals surface area contributed by atoms with E-state index in [1.54, 1.807) is 6.07 Å². The summed E-state index contributed by atoms with van der Waals surface area (Å²) in [6.07, 6.45) is 2.21. The molecule has 0 saturated carbocycles. The molecule has 0 aliphatic carbocycles. The first-order chi connectivity index (χ1) is 12.1. The molecule has 2 heterocycles. The molecule has 0 spiro atoms. The molecule has 4 rings (SSSR count). The number of fused-ring (bicyclic) bond motifs is 1. The molecule has 2 aromatic carbocycles. The molecule has 2 N–H and O–H groups in total. The third-order valence-corrected chi connectivity index (χ3v) is 5.12. The number of benzene rings is 2. The van der Waals surface area contributed by atoms with E-state index in [1.165, 1.54) is 0 Å². The third-order valence-electron chi connectivity index (χ3n) is 5.12. The van der Waals surface area contributed by atoms with E-state index >= 15 is 0 Å². The summed E-state index contributed by atoms with van der Waals surface area (Å²) in [6, 6.07) is 15.6. The van der Waals surface area contributed by atoms with E-state index in [1.807, 2.05) is 35.0 Å². The van der Waals surface area contributed by atoms with Gasteiger partial charge in [0.05, 0.1) is 22.5 Å². The van der Waals surface area contributed by atoms with E-state index in [0.717, 1.165) is 48.2 Å². The van der Waals surface area contributed by atoms with Crippen molar-refractivity contribution in [2.75, 3.05) is 20.1 Å². The molecule has 1 aliphatic heterocycles. The zero-order valence-electron chi connectivity index (χ0n) is 14.4. The molecule has 0 bridgehead atoms. The number of carbonyl (C=O) groups excluding carboxylic acids is 1. The number of para-hydroxylation sites is 2. The molecular weight excluding hydrogens is 312 g/mol. The molecule has 1 aromatic heterocycles. The molecule has 128 valence electrons. The summed E-state index contributed by atoms with van der Waals surface area (Å²) in [7, 11) is 2.16. The fraction of sp³-hybridized carbons (Fsp3) is 0.300. The summed E-state index contributed by atoms with van der Waals surface area (Å²) in [4.78, 5) is 14.2. The number of primary amides is 1. The first-order valence-electron chi connectivity index (χ1n) is 8.70. The third kappa shape index (κ3) is 2.81. The van der Waals surface area contributed by atoms with Crippen LogP contribution in [0.3, 0.4) is 0 Å². The molecular formula is C20H22N4O. The van der Waals surface area contributed by atoms with Crippen LogP contribution in [0.4, 0.5) is 0 Å². The molecule has 1 fully saturated rings. The van der Waals surface area contributed by atoms with Gasteiger partial charge in [0.2, 0.25) is 0 Å². The van der Waals surface area contributed by atoms with E-state index in [2.05, 4.69) is 24.1 Å². The Morgan fingerprint density at radius 3 is 2.52 bits per heavy atom. The van der Waals surface area contributed by atoms with Gasteiger partial charge in [0.25, 0.3) is 5.91 Å². The maximum Gasteiger partial charge on any atom is 0.250 e. The van der Waals surface area contributed by atoms with Crippen molar-refractivity contribution in [1.29, 1.82) is 0 Å². The highest BCUT2D eigenvalue weighted by Gasteiger charge is 2.24. The number of nitrogens with zero attached hydrogens (tertiary/aromatic N) is 3. The lowest BCUT2D eigenvalue weighted by molar-refractivity contribution is 0.1000. The van der Waals surface area contributed by atoms with Gasteiger partial charge in [0.1, 0.15) is 0 Å². The van der Waals surface area contributed by atoms with Crippen LogP contribution in [0.15, 0.2) is 48.5 Å². The van der Waals surface area contributed by atoms with Crippen molar-refractivity contribution in [3.8, 4) is 5.69 Å². The molecule has 0 radical (unpaired) electrons. The van der Waals surface area contributed by atoms with Crippen LogP contribution in [0.2, 0.25) is 0 Å². The number of nitrogens with two attached hydrogens (primary N) is 1. The van der Waals surface area contributed by atoms with Gasteiger partial charge in [0, 0.05) is 11.3 Å². The van der Waals surface area contributed by atoms with Gasteiger partial charge >= 0.3 is 0 Å². The topological polar surface area (TPSA) is 64.2 Å². The van der Waals surface area contributed by atoms with Gasteiger partial charge in [-0.05, 0) is 51.2 Å². The number of carbonyl (C=O) groups is 1. The number of piperidine rings is 1. The fourth-order valence-corrected chi connectivity index (χ4v) is 3.72. The first kappa shape index (κ1) is 15.8. The van der Waals surface area contributed by atoms with Crippen molar-refractivity contribution in [2.45, 2.75) is 18.8 Å². The molecule has 1 saturated heterocycles. The standard InChI is InChI=1S/C20H22N4O/c1-23-12-10-14(11-13-23)19-15-6-2-4-8-17(15)24(22-19)18-9-5-3-7-16(18)20(21)25/h2-9,14H,10-13H2,1H3,(H2,21,25). The molecule has 1 aliphatic rings. The summed E-state index contributed by atoms with van der Waals surface area (Å²) in [6.45, 7) is 2.17. The zero-order chi connectivity index (χ0) is 17.4. The van der Waals surface area contributed by atoms with Crippen molar-refractivity contribution >= 4 is 16.8 Å². The average molecular weight is 334 g/mol. The Morgan fingerprint density at radius 1 is 1.08 bits per heavy atom. The molecule has 3 aromatic rings. The zero-order valence-corrected chi connectivity index (χ0v) is 14.4. The van der Waals surface area contributed by atoms with Gasteiger partial charge in [-0.1, -0.05) is 30.3 Å². The number of hydrogen-bond donors (Lipinski definition) is 1. The maximum atomic E-state index is 11.9. The monoisotopic (exact) mass is 334 g/mol. The predicted molar refractivity (Wildman–Crippen MR) is 99.1 cm³/mol. The lowest BCUT2D eigenvalue weighted by Gasteiger charge is -2.28. The summed E-state index contributed by atoms with van der Waals surface area (Å²) >= 11 is 0. The smallest absolute Gasteiger partial charge is 0.250 e. The number of hydrogen-bond acceptors (Lipinski definition) is 3. The minimum absolute atomic E-state index is 0.434. The average Bonchev–Trinajstić information content (AvgIpc) is 3.02. The maximum absolute atomic E-state index is 11.9. The lowest BCUT2D eigenvalue weighted by atomic mass is 9.92. The summed E-state index contributed by atoms with van der Waals surface area (Å²) in [5.41, 5.74) is 8.95. The van der Waals surface area contributed by atoms with Crippen molar-refractivity contribution in [1.82, 2.24) is 14.7 Å². The van der Waals surface area contributed by atoms with Crippen LogP contribution in [0, 0.1) is 0 Å². The second-order valence-electron chi connectivity index (χ2n) is 6.77. The van der Waals surface area contributed by atoms with E-state index in [0.29, 0.717) is 11.5 Å². The van der Waals surface area contributed by atoms with Crippen LogP contribution < -0.4 is 5.73 Å². The van der Waals surface area contributed by atoms with Crippen molar-refractivity contribution in [3.05, 3.63) is 59.8 Å². The molecule has 0 atom stereocenters. The highest BCUT2D eigenvalue weighted by atomic mass is 16.1. The Balaban J connectivity index is 1.88. The largest absolute Gasteiger partial charge is 0.366 e. The van der Waals surface area contributed by atoms with Crippen LogP contribution >= 0.6 is 0 Å². The highest BCUT2D eigenvalue weighted by molar-refractivity contribution is 5.97. The molecule has 25 heavy (non-hydrogen) atoms. The van der Waals surface area contributed by atoms with Crippen molar-refractivity contribution in [3.63, 3.8) is 0 Å². The van der Waals surface area contributed by atoms with Gasteiger partial charge < -0.3 is 10.6 Å². The number of aromatic nitrogens is 2. The fourth-order valence-electron chi connectivity index (χ4n) is 3.72. The van der Waals surface area contributed by atoms with Gasteiger partial charge in [-0.3, -0.25) is 4.79 Å². The summed E-state index contributed by atoms with van der Waals surface area (Å²) < 4.78 is 1.88. The van der Waals surface area contributed by atoms with Gasteiger partial charge in [-0.15, -0.1) is 0 Å². The van der Waals surface area contributed by atoms with Gasteiger partial charge in [0.15, 0.2) is 0 Å². The number of amides is 1. The molecule has 0 unspecified atom stereocenters. The quantitative estimate of drug-likeness (QED) is 0.801. The van der Waals surface area contributed by atoms with Crippen LogP contribution in [0.25, 0.3) is 16.6 Å². The number of rotatable bonds is 3. The van der Waals surface area contributed by atoms with Crippen LogP contribution in [-0.2, 0) is 0 Å². The Labute approximate surface area is 147 Å². The Kier molecular flexibility index (Phi) is 4.01. The molecule has 5 heteroatoms. The van der Waals surface area contributed by atoms with Gasteiger partial charge in [-0.2, -0.15) is 5.10 Å². The van der Waals surface area contributed by atoms with E-state index in [-0.39, 0.29) is 0 Å². The Bertz CT molecular complexity index is 922. The normalized spacial score (nSPS) is 16.4. The second kappa shape index (κ2) is 6.33. The van der Waals surface area contributed by atoms with E-state index < -0.39 is 5.91 Å². The number of likely N-dealkylation sites (tertiary alicyclic amines) is 1. The lowest BCUT2D eigenvalue weighted by Crippen LogP contribution is -2.29. The van der Waals surface area contributed by atoms with Crippen molar-refractivity contribution in [2.24, 2.45) is 5.73 Å². The van der Waals surface area contributed by atoms with E-state index in [4.69, 9.17) is 10.8 Å².